The molecule has 0 fully saturated rings. The Morgan fingerprint density at radius 1 is 1.35 bits per heavy atom. The maximum absolute atomic E-state index is 11.4. The van der Waals surface area contributed by atoms with Gasteiger partial charge in [0.15, 0.2) is 0 Å². The van der Waals surface area contributed by atoms with E-state index < -0.39 is 11.5 Å². The third-order valence-electron chi connectivity index (χ3n) is 4.48. The molecule has 1 aromatic carbocycles. The molecule has 0 saturated carbocycles. The number of nitrogens with one attached hydrogen (secondary N) is 1. The average Bonchev–Trinajstić information content (AvgIpc) is 2.86. The molecule has 1 heterocycles. The highest BCUT2D eigenvalue weighted by molar-refractivity contribution is 5.78. The van der Waals surface area contributed by atoms with Gasteiger partial charge in [-0.3, -0.25) is 9.69 Å². The van der Waals surface area contributed by atoms with Crippen LogP contribution in [0.5, 0.6) is 0 Å². The van der Waals surface area contributed by atoms with Gasteiger partial charge in [-0.15, -0.1) is 0 Å². The molecule has 4 nitrogen and oxygen atoms in total. The molecule has 0 saturated heterocycles. The monoisotopic (exact) mass is 276 g/mol. The molecule has 0 amide bonds. The van der Waals surface area contributed by atoms with Crippen molar-refractivity contribution in [2.24, 2.45) is 0 Å². The maximum Gasteiger partial charge on any atom is 0.323 e. The van der Waals surface area contributed by atoms with Crippen LogP contribution in [-0.2, 0) is 17.9 Å². The zero-order chi connectivity index (χ0) is 14.6. The van der Waals surface area contributed by atoms with E-state index >= 15 is 0 Å². The first kappa shape index (κ1) is 15.0. The predicted octanol–water partition coefficient (Wildman–Crippen LogP) is 2.24. The average molecular weight is 276 g/mol. The standard InChI is InChI=1S/C16H24N2O2/c1-3-16(17-2,15(19)20)9-6-10-18-11-13-7-4-5-8-14(13)12-18/h4-5,7-8,17H,3,6,9-12H2,1-2H3,(H,19,20). The third-order valence-corrected chi connectivity index (χ3v) is 4.48. The number of fused-ring (bicyclic) bond motifs is 1. The normalized spacial score (nSPS) is 17.7. The molecule has 20 heavy (non-hydrogen) atoms. The van der Waals surface area contributed by atoms with Crippen LogP contribution in [0.3, 0.4) is 0 Å². The van der Waals surface area contributed by atoms with Crippen molar-refractivity contribution in [3.8, 4) is 0 Å². The second kappa shape index (κ2) is 6.37. The van der Waals surface area contributed by atoms with E-state index in [9.17, 15) is 9.90 Å². The van der Waals surface area contributed by atoms with Crippen molar-refractivity contribution in [1.82, 2.24) is 10.2 Å². The Bertz CT molecular complexity index is 444. The number of carboxylic acids is 1. The Morgan fingerprint density at radius 2 is 1.95 bits per heavy atom. The lowest BCUT2D eigenvalue weighted by atomic mass is 9.90. The zero-order valence-corrected chi connectivity index (χ0v) is 12.4. The summed E-state index contributed by atoms with van der Waals surface area (Å²) in [4.78, 5) is 13.8. The minimum atomic E-state index is -0.771. The highest BCUT2D eigenvalue weighted by Gasteiger charge is 2.34. The number of hydrogen-bond acceptors (Lipinski definition) is 3. The van der Waals surface area contributed by atoms with Gasteiger partial charge in [-0.1, -0.05) is 31.2 Å². The zero-order valence-electron chi connectivity index (χ0n) is 12.4. The molecule has 2 N–H and O–H groups in total. The largest absolute Gasteiger partial charge is 0.480 e. The fourth-order valence-corrected chi connectivity index (χ4v) is 3.01. The molecule has 1 unspecified atom stereocenters. The van der Waals surface area contributed by atoms with Crippen molar-refractivity contribution in [2.75, 3.05) is 13.6 Å². The third kappa shape index (κ3) is 3.02. The van der Waals surface area contributed by atoms with Crippen molar-refractivity contribution in [3.63, 3.8) is 0 Å². The van der Waals surface area contributed by atoms with Gasteiger partial charge < -0.3 is 10.4 Å². The van der Waals surface area contributed by atoms with Crippen LogP contribution in [0.1, 0.15) is 37.3 Å². The molecule has 4 heteroatoms. The summed E-state index contributed by atoms with van der Waals surface area (Å²) in [5.41, 5.74) is 2.04. The van der Waals surface area contributed by atoms with E-state index in [1.807, 2.05) is 6.92 Å². The Morgan fingerprint density at radius 3 is 2.40 bits per heavy atom. The summed E-state index contributed by atoms with van der Waals surface area (Å²) in [6.45, 7) is 4.85. The Hall–Kier alpha value is -1.39. The minimum absolute atomic E-state index is 0.610. The molecular formula is C16H24N2O2. The minimum Gasteiger partial charge on any atom is -0.480 e. The summed E-state index contributed by atoms with van der Waals surface area (Å²) in [6.07, 6.45) is 2.18. The van der Waals surface area contributed by atoms with Gasteiger partial charge in [-0.2, -0.15) is 0 Å². The van der Waals surface area contributed by atoms with E-state index in [2.05, 4.69) is 34.5 Å². The second-order valence-corrected chi connectivity index (χ2v) is 5.57. The molecule has 110 valence electrons. The smallest absolute Gasteiger partial charge is 0.323 e. The summed E-state index contributed by atoms with van der Waals surface area (Å²) in [5.74, 6) is -0.743. The van der Waals surface area contributed by atoms with Crippen LogP contribution < -0.4 is 5.32 Å². The molecule has 1 aromatic rings. The molecule has 0 bridgehead atoms. The highest BCUT2D eigenvalue weighted by Crippen LogP contribution is 2.24. The predicted molar refractivity (Wildman–Crippen MR) is 79.5 cm³/mol. The maximum atomic E-state index is 11.4. The van der Waals surface area contributed by atoms with Crippen LogP contribution in [0.15, 0.2) is 24.3 Å². The van der Waals surface area contributed by atoms with Crippen LogP contribution >= 0.6 is 0 Å². The van der Waals surface area contributed by atoms with Crippen molar-refractivity contribution in [3.05, 3.63) is 35.4 Å². The quantitative estimate of drug-likeness (QED) is 0.802. The van der Waals surface area contributed by atoms with E-state index in [1.165, 1.54) is 11.1 Å². The number of nitrogens with zero attached hydrogens (tertiary/aromatic N) is 1. The summed E-state index contributed by atoms with van der Waals surface area (Å²) >= 11 is 0. The van der Waals surface area contributed by atoms with Gasteiger partial charge in [0.2, 0.25) is 0 Å². The lowest BCUT2D eigenvalue weighted by Crippen LogP contribution is -2.50. The van der Waals surface area contributed by atoms with Crippen LogP contribution in [0.25, 0.3) is 0 Å². The number of aliphatic carboxylic acids is 1. The van der Waals surface area contributed by atoms with Crippen molar-refractivity contribution < 1.29 is 9.90 Å². The summed E-state index contributed by atoms with van der Waals surface area (Å²) < 4.78 is 0. The van der Waals surface area contributed by atoms with Gasteiger partial charge >= 0.3 is 5.97 Å². The molecule has 1 aliphatic heterocycles. The van der Waals surface area contributed by atoms with Crippen molar-refractivity contribution >= 4 is 5.97 Å². The topological polar surface area (TPSA) is 52.6 Å². The Balaban J connectivity index is 1.84. The number of rotatable bonds is 7. The molecule has 1 aliphatic rings. The fourth-order valence-electron chi connectivity index (χ4n) is 3.01. The van der Waals surface area contributed by atoms with Crippen LogP contribution in [0, 0.1) is 0 Å². The number of benzene rings is 1. The first-order chi connectivity index (χ1) is 9.61. The molecule has 0 spiro atoms. The SMILES string of the molecule is CCC(CCCN1Cc2ccccc2C1)(NC)C(=O)O. The van der Waals surface area contributed by atoms with E-state index in [-0.39, 0.29) is 0 Å². The van der Waals surface area contributed by atoms with Gasteiger partial charge in [0, 0.05) is 13.1 Å². The summed E-state index contributed by atoms with van der Waals surface area (Å²) in [6, 6.07) is 8.51. The van der Waals surface area contributed by atoms with Gasteiger partial charge in [0.25, 0.3) is 0 Å². The van der Waals surface area contributed by atoms with Crippen molar-refractivity contribution in [1.29, 1.82) is 0 Å². The lowest BCUT2D eigenvalue weighted by Gasteiger charge is -2.28. The number of carboxylic acid groups (broad SMARTS) is 1. The number of likely N-dealkylation sites (N-methyl/N-ethyl adjacent to an activating group) is 1. The Labute approximate surface area is 120 Å². The molecule has 0 aliphatic carbocycles. The molecule has 2 rings (SSSR count). The lowest BCUT2D eigenvalue weighted by molar-refractivity contribution is -0.145. The first-order valence-corrected chi connectivity index (χ1v) is 7.33. The van der Waals surface area contributed by atoms with Gasteiger partial charge in [-0.05, 0) is 44.0 Å². The van der Waals surface area contributed by atoms with Gasteiger partial charge in [0.05, 0.1) is 0 Å². The first-order valence-electron chi connectivity index (χ1n) is 7.33. The fraction of sp³-hybridized carbons (Fsp3) is 0.562. The molecular weight excluding hydrogens is 252 g/mol. The summed E-state index contributed by atoms with van der Waals surface area (Å²) in [7, 11) is 1.74. The second-order valence-electron chi connectivity index (χ2n) is 5.57. The van der Waals surface area contributed by atoms with E-state index in [4.69, 9.17) is 0 Å². The Kier molecular flexibility index (Phi) is 4.78. The molecule has 0 radical (unpaired) electrons. The van der Waals surface area contributed by atoms with Crippen LogP contribution in [0.4, 0.5) is 0 Å². The highest BCUT2D eigenvalue weighted by atomic mass is 16.4. The summed E-state index contributed by atoms with van der Waals surface area (Å²) in [5, 5.41) is 12.4. The number of hydrogen-bond donors (Lipinski definition) is 2. The van der Waals surface area contributed by atoms with Gasteiger partial charge in [-0.25, -0.2) is 0 Å². The molecule has 1 atom stereocenters. The molecule has 0 aromatic heterocycles. The van der Waals surface area contributed by atoms with Crippen molar-refractivity contribution in [2.45, 2.75) is 44.8 Å². The van der Waals surface area contributed by atoms with Crippen LogP contribution in [0.2, 0.25) is 0 Å². The van der Waals surface area contributed by atoms with E-state index in [0.717, 1.165) is 26.1 Å². The van der Waals surface area contributed by atoms with E-state index in [1.54, 1.807) is 7.05 Å². The van der Waals surface area contributed by atoms with Gasteiger partial charge in [0.1, 0.15) is 5.54 Å². The number of carbonyl (C=O) groups is 1. The van der Waals surface area contributed by atoms with E-state index in [0.29, 0.717) is 12.8 Å². The van der Waals surface area contributed by atoms with Crippen LogP contribution in [-0.4, -0.2) is 35.1 Å².